The van der Waals surface area contributed by atoms with Gasteiger partial charge in [-0.1, -0.05) is 20.8 Å². The molecule has 0 saturated carbocycles. The summed E-state index contributed by atoms with van der Waals surface area (Å²) in [6.07, 6.45) is 13.9. The number of unbranched alkanes of at least 4 members (excludes halogenated alkanes) is 3. The summed E-state index contributed by atoms with van der Waals surface area (Å²) in [5.41, 5.74) is 0. The third-order valence-electron chi connectivity index (χ3n) is 8.96. The van der Waals surface area contributed by atoms with Gasteiger partial charge in [-0.2, -0.15) is 0 Å². The molecule has 0 aromatic rings. The van der Waals surface area contributed by atoms with Gasteiger partial charge in [-0.05, 0) is 0 Å². The molecule has 216 valence electrons. The Kier molecular flexibility index (Phi) is 17.7. The van der Waals surface area contributed by atoms with Gasteiger partial charge in [0.1, 0.15) is 0 Å². The average molecular weight is 636 g/mol. The van der Waals surface area contributed by atoms with E-state index in [1.54, 1.807) is 13.3 Å². The molecule has 0 N–H and O–H groups in total. The van der Waals surface area contributed by atoms with Crippen molar-refractivity contribution in [3.05, 3.63) is 0 Å². The van der Waals surface area contributed by atoms with Crippen molar-refractivity contribution in [1.82, 2.24) is 0 Å². The summed E-state index contributed by atoms with van der Waals surface area (Å²) in [5, 5.41) is 0.261. The molecule has 1 fully saturated rings. The molecule has 3 atom stereocenters. The minimum Gasteiger partial charge on any atom is -0.0604 e. The summed E-state index contributed by atoms with van der Waals surface area (Å²) in [6.45, 7) is 20.4. The Balaban J connectivity index is 2.69. The second kappa shape index (κ2) is 18.3. The molecule has 0 bridgehead atoms. The second-order valence-electron chi connectivity index (χ2n) is 13.0. The third-order valence-corrected chi connectivity index (χ3v) is 29.5. The van der Waals surface area contributed by atoms with E-state index in [1.807, 2.05) is 7.11 Å². The molecule has 0 spiro atoms. The van der Waals surface area contributed by atoms with Crippen molar-refractivity contribution in [1.29, 1.82) is 0 Å². The van der Waals surface area contributed by atoms with Gasteiger partial charge in [0, 0.05) is 0 Å². The van der Waals surface area contributed by atoms with Gasteiger partial charge in [-0.25, -0.2) is 0 Å². The molecule has 1 rings (SSSR count). The molecule has 4 nitrogen and oxygen atoms in total. The predicted octanol–water partition coefficient (Wildman–Crippen LogP) is 9.56. The normalized spacial score (nSPS) is 20.6. The number of rotatable bonds is 20. The molecule has 1 unspecified atom stereocenters. The molecule has 1 heterocycles. The zero-order chi connectivity index (χ0) is 27.1. The van der Waals surface area contributed by atoms with Crippen molar-refractivity contribution >= 4 is 26.7 Å². The second-order valence-corrected chi connectivity index (χ2v) is 32.1. The topological polar surface area (TPSA) is 36.9 Å². The predicted molar refractivity (Wildman–Crippen MR) is 161 cm³/mol. The first kappa shape index (κ1) is 34.9. The summed E-state index contributed by atoms with van der Waals surface area (Å²) >= 11 is -2.17. The van der Waals surface area contributed by atoms with Crippen LogP contribution in [0, 0.1) is 0 Å². The fourth-order valence-electron chi connectivity index (χ4n) is 5.33. The fourth-order valence-corrected chi connectivity index (χ4v) is 22.6. The van der Waals surface area contributed by atoms with Crippen LogP contribution in [0.5, 0.6) is 0 Å². The number of hydrogen-bond acceptors (Lipinski definition) is 4. The van der Waals surface area contributed by atoms with Crippen LogP contribution in [0.25, 0.3) is 0 Å². The summed E-state index contributed by atoms with van der Waals surface area (Å²) in [6, 6.07) is 0. The summed E-state index contributed by atoms with van der Waals surface area (Å²) < 4.78 is 31.4. The van der Waals surface area contributed by atoms with Crippen LogP contribution in [0.15, 0.2) is 0 Å². The van der Waals surface area contributed by atoms with E-state index in [2.05, 4.69) is 54.6 Å². The smallest absolute Gasteiger partial charge is 0.0604 e. The van der Waals surface area contributed by atoms with E-state index in [4.69, 9.17) is 18.6 Å². The average Bonchev–Trinajstić information content (AvgIpc) is 2.84. The van der Waals surface area contributed by atoms with E-state index in [0.717, 1.165) is 45.3 Å². The molecule has 0 aliphatic carbocycles. The van der Waals surface area contributed by atoms with Crippen LogP contribution in [0.4, 0.5) is 0 Å². The molecule has 1 aliphatic rings. The Morgan fingerprint density at radius 2 is 1.50 bits per heavy atom. The van der Waals surface area contributed by atoms with Gasteiger partial charge in [0.15, 0.2) is 0 Å². The molecule has 0 radical (unpaired) electrons. The number of hydrogen-bond donors (Lipinski definition) is 0. The van der Waals surface area contributed by atoms with E-state index >= 15 is 0 Å². The first-order valence-electron chi connectivity index (χ1n) is 15.5. The maximum atomic E-state index is 6.67. The quantitative estimate of drug-likeness (QED) is 0.0759. The number of methoxy groups -OCH3 is 1. The van der Waals surface area contributed by atoms with Crippen LogP contribution in [0.1, 0.15) is 112 Å². The number of ether oxygens (including phenoxy) is 3. The molecule has 1 saturated heterocycles. The third kappa shape index (κ3) is 12.8. The van der Waals surface area contributed by atoms with Crippen LogP contribution in [0.3, 0.4) is 0 Å². The SMILES string of the molecule is CCC[CH2][Sn]([CH2]CCC)([CH2]CCC)[CH2]CC(OC)O[C@H]1CCCO[C@@H]1CCCO[Si](C)(C)C(C)(C)C. The van der Waals surface area contributed by atoms with E-state index in [0.29, 0.717) is 0 Å². The first-order chi connectivity index (χ1) is 17.0. The molecular weight excluding hydrogens is 571 g/mol. The van der Waals surface area contributed by atoms with E-state index < -0.39 is 26.7 Å². The molecule has 0 aromatic carbocycles. The monoisotopic (exact) mass is 636 g/mol. The van der Waals surface area contributed by atoms with Crippen LogP contribution >= 0.6 is 0 Å². The van der Waals surface area contributed by atoms with Crippen molar-refractivity contribution in [2.24, 2.45) is 0 Å². The van der Waals surface area contributed by atoms with E-state index in [9.17, 15) is 0 Å². The molecule has 0 aromatic heterocycles. The molecule has 36 heavy (non-hydrogen) atoms. The maximum absolute atomic E-state index is 6.67. The summed E-state index contributed by atoms with van der Waals surface area (Å²) in [4.78, 5) is 0. The van der Waals surface area contributed by atoms with E-state index in [1.165, 1.54) is 43.0 Å². The van der Waals surface area contributed by atoms with Crippen molar-refractivity contribution in [2.45, 2.75) is 167 Å². The Labute approximate surface area is 231 Å². The zero-order valence-electron chi connectivity index (χ0n) is 25.9. The molecular formula is C30H64O4SiSn. The Hall–Kier alpha value is 0.856. The van der Waals surface area contributed by atoms with Gasteiger partial charge < -0.3 is 0 Å². The zero-order valence-corrected chi connectivity index (χ0v) is 29.7. The van der Waals surface area contributed by atoms with Gasteiger partial charge in [0.25, 0.3) is 0 Å². The first-order valence-corrected chi connectivity index (χ1v) is 26.5. The van der Waals surface area contributed by atoms with Gasteiger partial charge in [0.2, 0.25) is 0 Å². The van der Waals surface area contributed by atoms with Crippen LogP contribution in [-0.2, 0) is 18.6 Å². The fraction of sp³-hybridized carbons (Fsp3) is 1.00. The minimum absolute atomic E-state index is 0.0800. The minimum atomic E-state index is -2.17. The van der Waals surface area contributed by atoms with Crippen LogP contribution in [-0.4, -0.2) is 65.5 Å². The van der Waals surface area contributed by atoms with Crippen molar-refractivity contribution in [3.63, 3.8) is 0 Å². The van der Waals surface area contributed by atoms with Crippen molar-refractivity contribution in [2.75, 3.05) is 20.3 Å². The molecule has 0 amide bonds. The van der Waals surface area contributed by atoms with Gasteiger partial charge in [-0.3, -0.25) is 0 Å². The van der Waals surface area contributed by atoms with Gasteiger partial charge in [-0.15, -0.1) is 0 Å². The molecule has 1 aliphatic heterocycles. The van der Waals surface area contributed by atoms with Crippen molar-refractivity contribution in [3.8, 4) is 0 Å². The van der Waals surface area contributed by atoms with E-state index in [-0.39, 0.29) is 23.5 Å². The summed E-state index contributed by atoms with van der Waals surface area (Å²) in [7, 11) is 0.160. The Bertz CT molecular complexity index is 530. The standard InChI is InChI=1S/C18H37O4Si.3C4H9.Sn/c1-8-17(19-5)22-16-12-9-13-20-15(16)11-10-14-21-23(6,7)18(2,3)4;3*1-3-4-2;/h15-17H,1,8-14H2,2-7H3;3*1,3-4H2,2H3;/t15-,16+,17?;;;;/m1..../s1. The Morgan fingerprint density at radius 3 is 2.00 bits per heavy atom. The van der Waals surface area contributed by atoms with Crippen LogP contribution in [0.2, 0.25) is 35.9 Å². The summed E-state index contributed by atoms with van der Waals surface area (Å²) in [5.74, 6) is 0. The van der Waals surface area contributed by atoms with Gasteiger partial charge >= 0.3 is 211 Å². The van der Waals surface area contributed by atoms with Crippen LogP contribution < -0.4 is 0 Å². The Morgan fingerprint density at radius 1 is 0.917 bits per heavy atom. The molecule has 6 heteroatoms. The van der Waals surface area contributed by atoms with Crippen molar-refractivity contribution < 1.29 is 18.6 Å². The van der Waals surface area contributed by atoms with Gasteiger partial charge in [0.05, 0.1) is 0 Å².